The van der Waals surface area contributed by atoms with Gasteiger partial charge in [0.05, 0.1) is 12.7 Å². The zero-order valence-corrected chi connectivity index (χ0v) is 11.8. The molecule has 0 amide bonds. The van der Waals surface area contributed by atoms with Crippen molar-refractivity contribution in [1.29, 1.82) is 0 Å². The van der Waals surface area contributed by atoms with Gasteiger partial charge in [0.25, 0.3) is 0 Å². The highest BCUT2D eigenvalue weighted by atomic mass is 16.5. The molecule has 1 aliphatic carbocycles. The summed E-state index contributed by atoms with van der Waals surface area (Å²) in [4.78, 5) is 0. The van der Waals surface area contributed by atoms with E-state index < -0.39 is 0 Å². The Bertz CT molecular complexity index is 350. The van der Waals surface area contributed by atoms with Gasteiger partial charge in [0.15, 0.2) is 0 Å². The molecule has 0 aliphatic heterocycles. The van der Waals surface area contributed by atoms with Crippen molar-refractivity contribution in [2.45, 2.75) is 45.8 Å². The Morgan fingerprint density at radius 3 is 2.33 bits per heavy atom. The molecule has 1 aromatic carbocycles. The lowest BCUT2D eigenvalue weighted by Gasteiger charge is -2.25. The van der Waals surface area contributed by atoms with E-state index in [1.54, 1.807) is 0 Å². The molecule has 0 bridgehead atoms. The van der Waals surface area contributed by atoms with E-state index in [-0.39, 0.29) is 0 Å². The van der Waals surface area contributed by atoms with E-state index in [4.69, 9.17) is 4.74 Å². The van der Waals surface area contributed by atoms with E-state index in [9.17, 15) is 0 Å². The second kappa shape index (κ2) is 6.35. The van der Waals surface area contributed by atoms with Crippen molar-refractivity contribution in [3.8, 4) is 0 Å². The van der Waals surface area contributed by atoms with Gasteiger partial charge in [-0.2, -0.15) is 0 Å². The Morgan fingerprint density at radius 1 is 1.22 bits per heavy atom. The molecule has 18 heavy (non-hydrogen) atoms. The van der Waals surface area contributed by atoms with E-state index in [0.29, 0.717) is 18.1 Å². The highest BCUT2D eigenvalue weighted by molar-refractivity contribution is 5.32. The van der Waals surface area contributed by atoms with Crippen LogP contribution in [-0.4, -0.2) is 25.3 Å². The van der Waals surface area contributed by atoms with Gasteiger partial charge < -0.3 is 10.1 Å². The predicted molar refractivity (Wildman–Crippen MR) is 75.9 cm³/mol. The Kier molecular flexibility index (Phi) is 4.79. The lowest BCUT2D eigenvalue weighted by atomic mass is 9.97. The number of ether oxygens (including phenoxy) is 1. The molecular weight excluding hydrogens is 222 g/mol. The Balaban J connectivity index is 1.97. The quantitative estimate of drug-likeness (QED) is 0.834. The third-order valence-corrected chi connectivity index (χ3v) is 3.73. The lowest BCUT2D eigenvalue weighted by Crippen LogP contribution is -2.41. The largest absolute Gasteiger partial charge is 0.377 e. The Morgan fingerprint density at radius 2 is 1.83 bits per heavy atom. The number of rotatable bonds is 6. The number of hydrogen-bond acceptors (Lipinski definition) is 2. The highest BCUT2D eigenvalue weighted by Gasteiger charge is 2.28. The smallest absolute Gasteiger partial charge is 0.0626 e. The van der Waals surface area contributed by atoms with Gasteiger partial charge in [-0.05, 0) is 50.3 Å². The SMILES string of the molecule is CCNC(COC(C)C)C1Cc2ccccc2C1. The maximum absolute atomic E-state index is 5.81. The second-order valence-corrected chi connectivity index (χ2v) is 5.48. The number of benzene rings is 1. The van der Waals surface area contributed by atoms with Crippen LogP contribution in [0.1, 0.15) is 31.9 Å². The number of likely N-dealkylation sites (N-methyl/N-ethyl adjacent to an activating group) is 1. The van der Waals surface area contributed by atoms with E-state index >= 15 is 0 Å². The maximum atomic E-state index is 5.81. The molecule has 1 aromatic rings. The fourth-order valence-electron chi connectivity index (χ4n) is 2.80. The summed E-state index contributed by atoms with van der Waals surface area (Å²) in [5.74, 6) is 0.682. The molecule has 1 aliphatic rings. The summed E-state index contributed by atoms with van der Waals surface area (Å²) in [7, 11) is 0. The molecule has 0 fully saturated rings. The second-order valence-electron chi connectivity index (χ2n) is 5.48. The third kappa shape index (κ3) is 3.33. The van der Waals surface area contributed by atoms with Crippen molar-refractivity contribution >= 4 is 0 Å². The minimum absolute atomic E-state index is 0.315. The van der Waals surface area contributed by atoms with Crippen LogP contribution in [0.3, 0.4) is 0 Å². The standard InChI is InChI=1S/C16H25NO/c1-4-17-16(11-18-12(2)3)15-9-13-7-5-6-8-14(13)10-15/h5-8,12,15-17H,4,9-11H2,1-3H3. The van der Waals surface area contributed by atoms with E-state index in [1.165, 1.54) is 24.0 Å². The van der Waals surface area contributed by atoms with Gasteiger partial charge in [0.2, 0.25) is 0 Å². The highest BCUT2D eigenvalue weighted by Crippen LogP contribution is 2.28. The molecule has 0 aromatic heterocycles. The summed E-state index contributed by atoms with van der Waals surface area (Å²) < 4.78 is 5.81. The average molecular weight is 247 g/mol. The molecule has 1 N–H and O–H groups in total. The third-order valence-electron chi connectivity index (χ3n) is 3.73. The minimum Gasteiger partial charge on any atom is -0.377 e. The normalized spacial score (nSPS) is 17.1. The van der Waals surface area contributed by atoms with E-state index in [1.807, 2.05) is 0 Å². The van der Waals surface area contributed by atoms with Gasteiger partial charge in [-0.3, -0.25) is 0 Å². The number of hydrogen-bond donors (Lipinski definition) is 1. The topological polar surface area (TPSA) is 21.3 Å². The molecule has 2 heteroatoms. The summed E-state index contributed by atoms with van der Waals surface area (Å²) in [6.07, 6.45) is 2.69. The zero-order chi connectivity index (χ0) is 13.0. The van der Waals surface area contributed by atoms with Crippen molar-refractivity contribution in [2.24, 2.45) is 5.92 Å². The van der Waals surface area contributed by atoms with Gasteiger partial charge in [0.1, 0.15) is 0 Å². The van der Waals surface area contributed by atoms with Crippen molar-refractivity contribution in [3.63, 3.8) is 0 Å². The first-order valence-electron chi connectivity index (χ1n) is 7.12. The summed E-state index contributed by atoms with van der Waals surface area (Å²) in [6.45, 7) is 8.21. The van der Waals surface area contributed by atoms with Crippen molar-refractivity contribution in [1.82, 2.24) is 5.32 Å². The fraction of sp³-hybridized carbons (Fsp3) is 0.625. The Hall–Kier alpha value is -0.860. The summed E-state index contributed by atoms with van der Waals surface area (Å²) in [5, 5.41) is 3.59. The van der Waals surface area contributed by atoms with E-state index in [2.05, 4.69) is 50.4 Å². The molecule has 0 heterocycles. The van der Waals surface area contributed by atoms with Crippen molar-refractivity contribution in [3.05, 3.63) is 35.4 Å². The van der Waals surface area contributed by atoms with Gasteiger partial charge in [-0.25, -0.2) is 0 Å². The molecule has 1 unspecified atom stereocenters. The molecule has 2 rings (SSSR count). The van der Waals surface area contributed by atoms with Gasteiger partial charge in [-0.15, -0.1) is 0 Å². The molecule has 2 nitrogen and oxygen atoms in total. The summed E-state index contributed by atoms with van der Waals surface area (Å²) >= 11 is 0. The molecular formula is C16H25NO. The fourth-order valence-corrected chi connectivity index (χ4v) is 2.80. The van der Waals surface area contributed by atoms with Crippen LogP contribution in [0.15, 0.2) is 24.3 Å². The maximum Gasteiger partial charge on any atom is 0.0626 e. The molecule has 0 radical (unpaired) electrons. The van der Waals surface area contributed by atoms with Crippen LogP contribution < -0.4 is 5.32 Å². The molecule has 0 saturated carbocycles. The first kappa shape index (κ1) is 13.6. The van der Waals surface area contributed by atoms with Gasteiger partial charge >= 0.3 is 0 Å². The zero-order valence-electron chi connectivity index (χ0n) is 11.8. The van der Waals surface area contributed by atoms with E-state index in [0.717, 1.165) is 13.2 Å². The average Bonchev–Trinajstić information content (AvgIpc) is 2.77. The summed E-state index contributed by atoms with van der Waals surface area (Å²) in [5.41, 5.74) is 3.05. The molecule has 100 valence electrons. The van der Waals surface area contributed by atoms with Crippen LogP contribution in [0, 0.1) is 5.92 Å². The van der Waals surface area contributed by atoms with Crippen LogP contribution in [0.2, 0.25) is 0 Å². The van der Waals surface area contributed by atoms with Gasteiger partial charge in [-0.1, -0.05) is 31.2 Å². The first-order valence-corrected chi connectivity index (χ1v) is 7.12. The number of nitrogens with one attached hydrogen (secondary N) is 1. The predicted octanol–water partition coefficient (Wildman–Crippen LogP) is 2.80. The first-order chi connectivity index (χ1) is 8.70. The van der Waals surface area contributed by atoms with Crippen LogP contribution >= 0.6 is 0 Å². The minimum atomic E-state index is 0.315. The lowest BCUT2D eigenvalue weighted by molar-refractivity contribution is 0.0495. The Labute approximate surface area is 111 Å². The summed E-state index contributed by atoms with van der Waals surface area (Å²) in [6, 6.07) is 9.30. The molecule has 0 spiro atoms. The van der Waals surface area contributed by atoms with Crippen molar-refractivity contribution in [2.75, 3.05) is 13.2 Å². The van der Waals surface area contributed by atoms with Crippen LogP contribution in [0.25, 0.3) is 0 Å². The van der Waals surface area contributed by atoms with Crippen LogP contribution in [0.5, 0.6) is 0 Å². The van der Waals surface area contributed by atoms with Gasteiger partial charge in [0, 0.05) is 6.04 Å². The van der Waals surface area contributed by atoms with Crippen molar-refractivity contribution < 1.29 is 4.74 Å². The van der Waals surface area contributed by atoms with Crippen LogP contribution in [0.4, 0.5) is 0 Å². The monoisotopic (exact) mass is 247 g/mol. The molecule has 0 saturated heterocycles. The van der Waals surface area contributed by atoms with Crippen LogP contribution in [-0.2, 0) is 17.6 Å². The molecule has 1 atom stereocenters. The number of fused-ring (bicyclic) bond motifs is 1.